The quantitative estimate of drug-likeness (QED) is 0.511. The van der Waals surface area contributed by atoms with E-state index in [2.05, 4.69) is 20.7 Å². The van der Waals surface area contributed by atoms with Crippen LogP contribution >= 0.6 is 27.7 Å². The van der Waals surface area contributed by atoms with Crippen LogP contribution in [0.25, 0.3) is 0 Å². The predicted molar refractivity (Wildman–Crippen MR) is 125 cm³/mol. The van der Waals surface area contributed by atoms with Crippen molar-refractivity contribution in [2.45, 2.75) is 17.2 Å². The second-order valence-corrected chi connectivity index (χ2v) is 10.6. The number of hydrogen-bond donors (Lipinski definition) is 1. The van der Waals surface area contributed by atoms with Crippen molar-refractivity contribution >= 4 is 55.0 Å². The van der Waals surface area contributed by atoms with E-state index in [1.807, 2.05) is 43.3 Å². The summed E-state index contributed by atoms with van der Waals surface area (Å²) in [6, 6.07) is 21.5. The number of benzene rings is 3. The van der Waals surface area contributed by atoms with Gasteiger partial charge >= 0.3 is 0 Å². The Labute approximate surface area is 188 Å². The molecule has 1 aliphatic rings. The third-order valence-electron chi connectivity index (χ3n) is 4.72. The second kappa shape index (κ2) is 8.45. The minimum absolute atomic E-state index is 0.0654. The molecule has 1 heterocycles. The van der Waals surface area contributed by atoms with E-state index in [-0.39, 0.29) is 16.2 Å². The summed E-state index contributed by atoms with van der Waals surface area (Å²) >= 11 is 4.87. The number of anilines is 2. The van der Waals surface area contributed by atoms with E-state index in [0.717, 1.165) is 21.3 Å². The largest absolute Gasteiger partial charge is 0.295 e. The van der Waals surface area contributed by atoms with Crippen molar-refractivity contribution in [2.24, 2.45) is 0 Å². The number of carbonyl (C=O) groups is 1. The highest BCUT2D eigenvalue weighted by atomic mass is 79.9. The van der Waals surface area contributed by atoms with Gasteiger partial charge < -0.3 is 0 Å². The fourth-order valence-electron chi connectivity index (χ4n) is 3.27. The lowest BCUT2D eigenvalue weighted by Crippen LogP contribution is -2.27. The summed E-state index contributed by atoms with van der Waals surface area (Å²) < 4.78 is 28.6. The highest BCUT2D eigenvalue weighted by Gasteiger charge is 2.34. The molecule has 1 saturated heterocycles. The van der Waals surface area contributed by atoms with Crippen LogP contribution in [0.1, 0.15) is 16.5 Å². The van der Waals surface area contributed by atoms with Crippen molar-refractivity contribution in [2.75, 3.05) is 15.4 Å². The number of thioether (sulfide) groups is 1. The van der Waals surface area contributed by atoms with Crippen LogP contribution in [0.5, 0.6) is 0 Å². The van der Waals surface area contributed by atoms with Crippen molar-refractivity contribution < 1.29 is 13.2 Å². The van der Waals surface area contributed by atoms with Gasteiger partial charge in [0.15, 0.2) is 0 Å². The average molecular weight is 503 g/mol. The van der Waals surface area contributed by atoms with Crippen LogP contribution in [0.2, 0.25) is 0 Å². The van der Waals surface area contributed by atoms with Gasteiger partial charge in [0, 0.05) is 15.8 Å². The number of hydrogen-bond acceptors (Lipinski definition) is 4. The zero-order chi connectivity index (χ0) is 21.3. The molecule has 0 bridgehead atoms. The van der Waals surface area contributed by atoms with Crippen molar-refractivity contribution in [3.8, 4) is 0 Å². The minimum Gasteiger partial charge on any atom is -0.295 e. The Morgan fingerprint density at radius 2 is 1.73 bits per heavy atom. The van der Waals surface area contributed by atoms with Crippen LogP contribution in [0.3, 0.4) is 0 Å². The first-order valence-corrected chi connectivity index (χ1v) is 12.5. The number of rotatable bonds is 5. The molecule has 1 atom stereocenters. The van der Waals surface area contributed by atoms with Gasteiger partial charge in [-0.05, 0) is 66.6 Å². The molecular weight excluding hydrogens is 484 g/mol. The molecule has 5 nitrogen and oxygen atoms in total. The maximum atomic E-state index is 12.6. The Kier molecular flexibility index (Phi) is 5.90. The zero-order valence-corrected chi connectivity index (χ0v) is 19.3. The summed E-state index contributed by atoms with van der Waals surface area (Å²) in [5.41, 5.74) is 3.38. The number of amides is 1. The normalized spacial score (nSPS) is 16.7. The summed E-state index contributed by atoms with van der Waals surface area (Å²) in [5.74, 6) is 0.479. The van der Waals surface area contributed by atoms with Crippen LogP contribution in [0.4, 0.5) is 11.4 Å². The average Bonchev–Trinajstić information content (AvgIpc) is 3.10. The molecule has 0 aromatic heterocycles. The van der Waals surface area contributed by atoms with Gasteiger partial charge in [0.2, 0.25) is 5.91 Å². The molecule has 154 valence electrons. The molecule has 1 fully saturated rings. The van der Waals surface area contributed by atoms with E-state index in [1.165, 1.54) is 0 Å². The molecule has 1 amide bonds. The Hall–Kier alpha value is -2.29. The molecule has 0 aliphatic carbocycles. The first kappa shape index (κ1) is 21.0. The molecule has 8 heteroatoms. The van der Waals surface area contributed by atoms with Gasteiger partial charge in [-0.25, -0.2) is 8.42 Å². The highest BCUT2D eigenvalue weighted by molar-refractivity contribution is 9.10. The SMILES string of the molecule is Cc1cccc(N2C(=O)CS[C@H]2c2ccc(NS(=O)(=O)c3ccc(Br)cc3)cc2)c1. The minimum atomic E-state index is -3.67. The molecule has 3 aromatic carbocycles. The third-order valence-corrected chi connectivity index (χ3v) is 7.86. The van der Waals surface area contributed by atoms with E-state index in [1.54, 1.807) is 53.1 Å². The monoisotopic (exact) mass is 502 g/mol. The van der Waals surface area contributed by atoms with Gasteiger partial charge in [-0.1, -0.05) is 40.2 Å². The fraction of sp³-hybridized carbons (Fsp3) is 0.136. The number of nitrogens with zero attached hydrogens (tertiary/aromatic N) is 1. The van der Waals surface area contributed by atoms with Crippen LogP contribution in [-0.2, 0) is 14.8 Å². The molecule has 30 heavy (non-hydrogen) atoms. The maximum Gasteiger partial charge on any atom is 0.261 e. The van der Waals surface area contributed by atoms with Crippen LogP contribution in [-0.4, -0.2) is 20.1 Å². The van der Waals surface area contributed by atoms with Gasteiger partial charge in [-0.15, -0.1) is 11.8 Å². The summed E-state index contributed by atoms with van der Waals surface area (Å²) in [6.45, 7) is 2.00. The Morgan fingerprint density at radius 1 is 1.03 bits per heavy atom. The topological polar surface area (TPSA) is 66.5 Å². The number of halogens is 1. The summed E-state index contributed by atoms with van der Waals surface area (Å²) in [5, 5.41) is -0.142. The summed E-state index contributed by atoms with van der Waals surface area (Å²) in [6.07, 6.45) is 0. The van der Waals surface area contributed by atoms with Gasteiger partial charge in [0.25, 0.3) is 10.0 Å². The molecule has 1 aliphatic heterocycles. The Bertz CT molecular complexity index is 1180. The molecule has 0 radical (unpaired) electrons. The molecule has 4 rings (SSSR count). The summed E-state index contributed by atoms with van der Waals surface area (Å²) in [4.78, 5) is 14.5. The lowest BCUT2D eigenvalue weighted by atomic mass is 10.1. The number of aryl methyl sites for hydroxylation is 1. The van der Waals surface area contributed by atoms with Gasteiger partial charge in [-0.3, -0.25) is 14.4 Å². The van der Waals surface area contributed by atoms with Gasteiger partial charge in [0.05, 0.1) is 10.6 Å². The lowest BCUT2D eigenvalue weighted by Gasteiger charge is -2.25. The number of nitrogens with one attached hydrogen (secondary N) is 1. The maximum absolute atomic E-state index is 12.6. The van der Waals surface area contributed by atoms with E-state index in [9.17, 15) is 13.2 Å². The molecular formula is C22H19BrN2O3S2. The van der Waals surface area contributed by atoms with E-state index in [4.69, 9.17) is 0 Å². The second-order valence-electron chi connectivity index (χ2n) is 6.95. The van der Waals surface area contributed by atoms with Crippen molar-refractivity contribution in [1.82, 2.24) is 0 Å². The van der Waals surface area contributed by atoms with Gasteiger partial charge in [-0.2, -0.15) is 0 Å². The van der Waals surface area contributed by atoms with E-state index < -0.39 is 10.0 Å². The molecule has 0 saturated carbocycles. The highest BCUT2D eigenvalue weighted by Crippen LogP contribution is 2.42. The lowest BCUT2D eigenvalue weighted by molar-refractivity contribution is -0.115. The van der Waals surface area contributed by atoms with E-state index >= 15 is 0 Å². The van der Waals surface area contributed by atoms with Crippen LogP contribution in [0.15, 0.2) is 82.2 Å². The molecule has 3 aromatic rings. The third kappa shape index (κ3) is 4.40. The van der Waals surface area contributed by atoms with Crippen LogP contribution in [0, 0.1) is 6.92 Å². The molecule has 1 N–H and O–H groups in total. The molecule has 0 unspecified atom stereocenters. The fourth-order valence-corrected chi connectivity index (χ4v) is 5.77. The number of sulfonamides is 1. The summed E-state index contributed by atoms with van der Waals surface area (Å²) in [7, 11) is -3.67. The standard InChI is InChI=1S/C22H19BrN2O3S2/c1-15-3-2-4-19(13-15)25-21(26)14-29-22(25)16-5-9-18(10-6-16)24-30(27,28)20-11-7-17(23)8-12-20/h2-13,22,24H,14H2,1H3/t22-/m0/s1. The van der Waals surface area contributed by atoms with E-state index in [0.29, 0.717) is 11.4 Å². The Morgan fingerprint density at radius 3 is 2.40 bits per heavy atom. The van der Waals surface area contributed by atoms with Crippen molar-refractivity contribution in [1.29, 1.82) is 0 Å². The van der Waals surface area contributed by atoms with Crippen LogP contribution < -0.4 is 9.62 Å². The zero-order valence-electron chi connectivity index (χ0n) is 16.1. The smallest absolute Gasteiger partial charge is 0.261 e. The molecule has 0 spiro atoms. The first-order valence-electron chi connectivity index (χ1n) is 9.22. The Balaban J connectivity index is 1.55. The first-order chi connectivity index (χ1) is 14.3. The van der Waals surface area contributed by atoms with Gasteiger partial charge in [0.1, 0.15) is 5.37 Å². The predicted octanol–water partition coefficient (Wildman–Crippen LogP) is 5.34. The van der Waals surface area contributed by atoms with Crippen molar-refractivity contribution in [3.63, 3.8) is 0 Å². The number of carbonyl (C=O) groups excluding carboxylic acids is 1. The van der Waals surface area contributed by atoms with Crippen molar-refractivity contribution in [3.05, 3.63) is 88.4 Å².